The van der Waals surface area contributed by atoms with Gasteiger partial charge in [0.05, 0.1) is 12.6 Å². The molecule has 4 heteroatoms. The number of halogens is 1. The number of ether oxygens (including phenoxy) is 1. The van der Waals surface area contributed by atoms with E-state index < -0.39 is 0 Å². The van der Waals surface area contributed by atoms with Gasteiger partial charge in [0.15, 0.2) is 0 Å². The molecular formula is C17H18ClNO2. The van der Waals surface area contributed by atoms with Crippen molar-refractivity contribution in [3.8, 4) is 0 Å². The number of carbonyl (C=O) groups excluding carboxylic acids is 1. The van der Waals surface area contributed by atoms with Crippen LogP contribution in [0.15, 0.2) is 48.5 Å². The highest BCUT2D eigenvalue weighted by atomic mass is 35.5. The van der Waals surface area contributed by atoms with Crippen LogP contribution in [-0.2, 0) is 11.3 Å². The summed E-state index contributed by atoms with van der Waals surface area (Å²) < 4.78 is 5.05. The summed E-state index contributed by atoms with van der Waals surface area (Å²) in [5.41, 5.74) is 2.69. The van der Waals surface area contributed by atoms with Crippen molar-refractivity contribution in [3.63, 3.8) is 0 Å². The van der Waals surface area contributed by atoms with Gasteiger partial charge in [0.1, 0.15) is 0 Å². The van der Waals surface area contributed by atoms with Crippen LogP contribution in [0.1, 0.15) is 34.5 Å². The monoisotopic (exact) mass is 303 g/mol. The summed E-state index contributed by atoms with van der Waals surface area (Å²) in [4.78, 5) is 12.2. The zero-order chi connectivity index (χ0) is 15.2. The normalized spacial score (nSPS) is 12.0. The summed E-state index contributed by atoms with van der Waals surface area (Å²) in [5, 5.41) is 3.66. The molecular weight excluding hydrogens is 286 g/mol. The maximum Gasteiger partial charge on any atom is 0.251 e. The van der Waals surface area contributed by atoms with Gasteiger partial charge in [-0.25, -0.2) is 0 Å². The van der Waals surface area contributed by atoms with Crippen LogP contribution in [-0.4, -0.2) is 13.0 Å². The van der Waals surface area contributed by atoms with Gasteiger partial charge >= 0.3 is 0 Å². The Balaban J connectivity index is 2.01. The van der Waals surface area contributed by atoms with Crippen LogP contribution in [0.5, 0.6) is 0 Å². The molecule has 2 rings (SSSR count). The maximum atomic E-state index is 12.2. The molecule has 2 aromatic carbocycles. The van der Waals surface area contributed by atoms with Crippen LogP contribution in [0.3, 0.4) is 0 Å². The van der Waals surface area contributed by atoms with Crippen molar-refractivity contribution in [2.45, 2.75) is 19.6 Å². The highest BCUT2D eigenvalue weighted by Crippen LogP contribution is 2.16. The molecule has 1 amide bonds. The first-order chi connectivity index (χ1) is 10.1. The molecule has 110 valence electrons. The quantitative estimate of drug-likeness (QED) is 0.907. The van der Waals surface area contributed by atoms with E-state index in [-0.39, 0.29) is 11.9 Å². The molecule has 0 saturated carbocycles. The Hall–Kier alpha value is -1.84. The van der Waals surface area contributed by atoms with Crippen LogP contribution in [0.4, 0.5) is 0 Å². The lowest BCUT2D eigenvalue weighted by Gasteiger charge is -2.14. The molecule has 0 heterocycles. The maximum absolute atomic E-state index is 12.2. The first-order valence-electron chi connectivity index (χ1n) is 6.74. The zero-order valence-corrected chi connectivity index (χ0v) is 12.9. The van der Waals surface area contributed by atoms with Gasteiger partial charge in [-0.3, -0.25) is 4.79 Å². The Labute approximate surface area is 129 Å². The Kier molecular flexibility index (Phi) is 5.37. The lowest BCUT2D eigenvalue weighted by Crippen LogP contribution is -2.26. The third-order valence-electron chi connectivity index (χ3n) is 3.24. The number of carbonyl (C=O) groups is 1. The molecule has 0 spiro atoms. The average Bonchev–Trinajstić information content (AvgIpc) is 2.49. The predicted octanol–water partition coefficient (Wildman–Crippen LogP) is 3.98. The molecule has 0 saturated heterocycles. The van der Waals surface area contributed by atoms with Gasteiger partial charge in [0.2, 0.25) is 0 Å². The third-order valence-corrected chi connectivity index (χ3v) is 3.50. The van der Waals surface area contributed by atoms with Crippen molar-refractivity contribution in [2.24, 2.45) is 0 Å². The number of nitrogens with one attached hydrogen (secondary N) is 1. The minimum Gasteiger partial charge on any atom is -0.380 e. The van der Waals surface area contributed by atoms with E-state index in [1.165, 1.54) is 0 Å². The Bertz CT molecular complexity index is 593. The fourth-order valence-corrected chi connectivity index (χ4v) is 2.16. The molecule has 1 atom stereocenters. The van der Waals surface area contributed by atoms with E-state index in [1.807, 2.05) is 43.3 Å². The molecule has 0 aromatic heterocycles. The average molecular weight is 304 g/mol. The summed E-state index contributed by atoms with van der Waals surface area (Å²) in [6.45, 7) is 2.49. The standard InChI is InChI=1S/C17H18ClNO2/c1-12(14-7-9-16(18)10-8-14)19-17(20)15-5-3-13(4-6-15)11-21-2/h3-10,12H,11H2,1-2H3,(H,19,20). The number of hydrogen-bond acceptors (Lipinski definition) is 2. The van der Waals surface area contributed by atoms with Crippen molar-refractivity contribution in [3.05, 3.63) is 70.2 Å². The highest BCUT2D eigenvalue weighted by molar-refractivity contribution is 6.30. The molecule has 1 unspecified atom stereocenters. The van der Waals surface area contributed by atoms with E-state index in [4.69, 9.17) is 16.3 Å². The van der Waals surface area contributed by atoms with Crippen molar-refractivity contribution >= 4 is 17.5 Å². The second-order valence-electron chi connectivity index (χ2n) is 4.88. The SMILES string of the molecule is COCc1ccc(C(=O)NC(C)c2ccc(Cl)cc2)cc1. The Morgan fingerprint density at radius 1 is 1.14 bits per heavy atom. The third kappa shape index (κ3) is 4.31. The Morgan fingerprint density at radius 2 is 1.76 bits per heavy atom. The van der Waals surface area contributed by atoms with E-state index in [0.29, 0.717) is 17.2 Å². The van der Waals surface area contributed by atoms with E-state index in [1.54, 1.807) is 19.2 Å². The van der Waals surface area contributed by atoms with Crippen molar-refractivity contribution in [1.82, 2.24) is 5.32 Å². The molecule has 0 bridgehead atoms. The number of benzene rings is 2. The number of amides is 1. The summed E-state index contributed by atoms with van der Waals surface area (Å²) in [6, 6.07) is 14.8. The van der Waals surface area contributed by atoms with Crippen LogP contribution in [0.25, 0.3) is 0 Å². The number of methoxy groups -OCH3 is 1. The van der Waals surface area contributed by atoms with Crippen LogP contribution < -0.4 is 5.32 Å². The van der Waals surface area contributed by atoms with Crippen molar-refractivity contribution < 1.29 is 9.53 Å². The van der Waals surface area contributed by atoms with Gasteiger partial charge in [0, 0.05) is 17.7 Å². The fourth-order valence-electron chi connectivity index (χ4n) is 2.03. The summed E-state index contributed by atoms with van der Waals surface area (Å²) in [7, 11) is 1.65. The van der Waals surface area contributed by atoms with Crippen LogP contribution in [0.2, 0.25) is 5.02 Å². The fraction of sp³-hybridized carbons (Fsp3) is 0.235. The summed E-state index contributed by atoms with van der Waals surface area (Å²) >= 11 is 5.86. The Morgan fingerprint density at radius 3 is 2.33 bits per heavy atom. The number of hydrogen-bond donors (Lipinski definition) is 1. The molecule has 0 aliphatic rings. The van der Waals surface area contributed by atoms with E-state index in [0.717, 1.165) is 11.1 Å². The minimum atomic E-state index is -0.0959. The van der Waals surface area contributed by atoms with Crippen LogP contribution >= 0.6 is 11.6 Å². The first kappa shape index (κ1) is 15.5. The summed E-state index contributed by atoms with van der Waals surface area (Å²) in [6.07, 6.45) is 0. The van der Waals surface area contributed by atoms with Gasteiger partial charge in [-0.2, -0.15) is 0 Å². The molecule has 0 radical (unpaired) electrons. The summed E-state index contributed by atoms with van der Waals surface area (Å²) in [5.74, 6) is -0.0959. The van der Waals surface area contributed by atoms with Crippen molar-refractivity contribution in [1.29, 1.82) is 0 Å². The second-order valence-corrected chi connectivity index (χ2v) is 5.31. The van der Waals surface area contributed by atoms with Gasteiger partial charge in [-0.05, 0) is 42.3 Å². The van der Waals surface area contributed by atoms with Gasteiger partial charge in [0.25, 0.3) is 5.91 Å². The molecule has 0 aliphatic carbocycles. The smallest absolute Gasteiger partial charge is 0.251 e. The van der Waals surface area contributed by atoms with Crippen LogP contribution in [0, 0.1) is 0 Å². The lowest BCUT2D eigenvalue weighted by atomic mass is 10.1. The van der Waals surface area contributed by atoms with Gasteiger partial charge < -0.3 is 10.1 Å². The zero-order valence-electron chi connectivity index (χ0n) is 12.1. The lowest BCUT2D eigenvalue weighted by molar-refractivity contribution is 0.0940. The topological polar surface area (TPSA) is 38.3 Å². The first-order valence-corrected chi connectivity index (χ1v) is 7.12. The van der Waals surface area contributed by atoms with Gasteiger partial charge in [-0.1, -0.05) is 35.9 Å². The molecule has 2 aromatic rings. The predicted molar refractivity (Wildman–Crippen MR) is 84.5 cm³/mol. The van der Waals surface area contributed by atoms with E-state index in [2.05, 4.69) is 5.32 Å². The molecule has 21 heavy (non-hydrogen) atoms. The largest absolute Gasteiger partial charge is 0.380 e. The van der Waals surface area contributed by atoms with E-state index >= 15 is 0 Å². The molecule has 0 fully saturated rings. The molecule has 1 N–H and O–H groups in total. The van der Waals surface area contributed by atoms with Crippen molar-refractivity contribution in [2.75, 3.05) is 7.11 Å². The highest BCUT2D eigenvalue weighted by Gasteiger charge is 2.11. The van der Waals surface area contributed by atoms with E-state index in [9.17, 15) is 4.79 Å². The minimum absolute atomic E-state index is 0.0755. The molecule has 3 nitrogen and oxygen atoms in total. The molecule has 0 aliphatic heterocycles. The second kappa shape index (κ2) is 7.25. The van der Waals surface area contributed by atoms with Gasteiger partial charge in [-0.15, -0.1) is 0 Å². The number of rotatable bonds is 5.